The summed E-state index contributed by atoms with van der Waals surface area (Å²) in [6.07, 6.45) is 3.74. The molecule has 0 spiro atoms. The summed E-state index contributed by atoms with van der Waals surface area (Å²) in [5.41, 5.74) is 2.79. The third-order valence-corrected chi connectivity index (χ3v) is 8.75. The van der Waals surface area contributed by atoms with Crippen molar-refractivity contribution in [3.8, 4) is 0 Å². The third-order valence-electron chi connectivity index (χ3n) is 8.75. The highest BCUT2D eigenvalue weighted by Crippen LogP contribution is 2.41. The number of carbonyl (C=O) groups is 3. The standard InChI is InChI=1S/C36H40FN3O5/c1-36(2,3)28(20-32(42)43)27-17-18-29(37)30(19-27)38-34(44)33(24-9-7-8-10-24)25-15-13-23(14-16-25)21-40-31(41)22-45-35(39-40)26-11-5-4-6-12-26/h4-6,11-19,24,28,33H,7-10,20-22H2,1-3H3,(H,38,44)(H,42,43)/t28?,33-/m0/s1. The molecule has 236 valence electrons. The Hall–Kier alpha value is -4.53. The normalized spacial score (nSPS) is 16.9. The molecular formula is C36H40FN3O5. The van der Waals surface area contributed by atoms with Gasteiger partial charge in [0.2, 0.25) is 11.8 Å². The summed E-state index contributed by atoms with van der Waals surface area (Å²) in [6, 6.07) is 21.5. The Kier molecular flexibility index (Phi) is 9.65. The molecule has 0 aromatic heterocycles. The zero-order valence-corrected chi connectivity index (χ0v) is 26.0. The number of nitrogens with zero attached hydrogens (tertiary/aromatic N) is 2. The maximum Gasteiger partial charge on any atom is 0.303 e. The summed E-state index contributed by atoms with van der Waals surface area (Å²) in [4.78, 5) is 38.0. The highest BCUT2D eigenvalue weighted by molar-refractivity contribution is 5.98. The lowest BCUT2D eigenvalue weighted by Gasteiger charge is -2.30. The van der Waals surface area contributed by atoms with Crippen molar-refractivity contribution in [1.29, 1.82) is 0 Å². The number of halogens is 1. The topological polar surface area (TPSA) is 108 Å². The highest BCUT2D eigenvalue weighted by atomic mass is 19.1. The van der Waals surface area contributed by atoms with Crippen molar-refractivity contribution in [3.05, 3.63) is 101 Å². The van der Waals surface area contributed by atoms with Gasteiger partial charge in [-0.2, -0.15) is 0 Å². The minimum absolute atomic E-state index is 0.0506. The molecule has 9 heteroatoms. The Balaban J connectivity index is 1.36. The van der Waals surface area contributed by atoms with Crippen LogP contribution < -0.4 is 5.32 Å². The zero-order chi connectivity index (χ0) is 32.1. The fourth-order valence-corrected chi connectivity index (χ4v) is 6.34. The molecule has 0 radical (unpaired) electrons. The van der Waals surface area contributed by atoms with E-state index in [1.54, 1.807) is 12.1 Å². The first kappa shape index (κ1) is 31.9. The number of hydrazone groups is 1. The molecule has 2 atom stereocenters. The maximum absolute atomic E-state index is 15.1. The third kappa shape index (κ3) is 7.77. The monoisotopic (exact) mass is 613 g/mol. The van der Waals surface area contributed by atoms with Crippen LogP contribution in [0, 0.1) is 17.2 Å². The molecule has 1 saturated carbocycles. The first-order chi connectivity index (χ1) is 21.5. The summed E-state index contributed by atoms with van der Waals surface area (Å²) in [5.74, 6) is -2.41. The number of hydrogen-bond acceptors (Lipinski definition) is 5. The van der Waals surface area contributed by atoms with E-state index in [1.807, 2.05) is 75.4 Å². The smallest absolute Gasteiger partial charge is 0.303 e. The van der Waals surface area contributed by atoms with Crippen LogP contribution in [0.5, 0.6) is 0 Å². The summed E-state index contributed by atoms with van der Waals surface area (Å²) in [6.45, 7) is 6.01. The van der Waals surface area contributed by atoms with Crippen LogP contribution in [0.3, 0.4) is 0 Å². The molecule has 45 heavy (non-hydrogen) atoms. The quantitative estimate of drug-likeness (QED) is 0.254. The molecule has 1 unspecified atom stereocenters. The molecule has 2 N–H and O–H groups in total. The molecule has 2 aliphatic rings. The molecule has 1 fully saturated rings. The minimum atomic E-state index is -0.934. The number of anilines is 1. The van der Waals surface area contributed by atoms with E-state index >= 15 is 4.39 Å². The van der Waals surface area contributed by atoms with Gasteiger partial charge in [0.1, 0.15) is 5.82 Å². The van der Waals surface area contributed by atoms with Crippen molar-refractivity contribution in [2.24, 2.45) is 16.4 Å². The summed E-state index contributed by atoms with van der Waals surface area (Å²) >= 11 is 0. The van der Waals surface area contributed by atoms with Gasteiger partial charge in [-0.3, -0.25) is 14.4 Å². The van der Waals surface area contributed by atoms with Gasteiger partial charge < -0.3 is 15.2 Å². The van der Waals surface area contributed by atoms with Crippen LogP contribution >= 0.6 is 0 Å². The van der Waals surface area contributed by atoms with Gasteiger partial charge in [0, 0.05) is 5.56 Å². The lowest BCUT2D eigenvalue weighted by molar-refractivity contribution is -0.138. The summed E-state index contributed by atoms with van der Waals surface area (Å²) < 4.78 is 20.6. The number of rotatable bonds is 10. The van der Waals surface area contributed by atoms with E-state index in [-0.39, 0.29) is 54.3 Å². The Bertz CT molecular complexity index is 1560. The largest absolute Gasteiger partial charge is 0.481 e. The lowest BCUT2D eigenvalue weighted by atomic mass is 9.74. The first-order valence-corrected chi connectivity index (χ1v) is 15.5. The average Bonchev–Trinajstić information content (AvgIpc) is 3.53. The molecule has 8 nitrogen and oxygen atoms in total. The van der Waals surface area contributed by atoms with Crippen LogP contribution in [0.2, 0.25) is 0 Å². The van der Waals surface area contributed by atoms with E-state index in [4.69, 9.17) is 4.74 Å². The molecular weight excluding hydrogens is 573 g/mol. The van der Waals surface area contributed by atoms with Crippen LogP contribution in [0.25, 0.3) is 0 Å². The number of hydrogen-bond donors (Lipinski definition) is 2. The van der Waals surface area contributed by atoms with E-state index < -0.39 is 17.7 Å². The van der Waals surface area contributed by atoms with Gasteiger partial charge in [0.25, 0.3) is 5.91 Å². The number of nitrogens with one attached hydrogen (secondary N) is 1. The fraction of sp³-hybridized carbons (Fsp3) is 0.389. The van der Waals surface area contributed by atoms with E-state index in [1.165, 1.54) is 11.1 Å². The number of carbonyl (C=O) groups excluding carboxylic acids is 2. The van der Waals surface area contributed by atoms with E-state index in [0.717, 1.165) is 42.4 Å². The van der Waals surface area contributed by atoms with E-state index in [2.05, 4.69) is 10.4 Å². The van der Waals surface area contributed by atoms with Gasteiger partial charge in [-0.25, -0.2) is 9.40 Å². The Morgan fingerprint density at radius 1 is 1.02 bits per heavy atom. The van der Waals surface area contributed by atoms with Gasteiger partial charge in [-0.1, -0.05) is 82.1 Å². The number of benzene rings is 3. The molecule has 2 amide bonds. The molecule has 5 rings (SSSR count). The molecule has 1 heterocycles. The van der Waals surface area contributed by atoms with E-state index in [9.17, 15) is 19.5 Å². The highest BCUT2D eigenvalue weighted by Gasteiger charge is 2.34. The lowest BCUT2D eigenvalue weighted by Crippen LogP contribution is -2.36. The summed E-state index contributed by atoms with van der Waals surface area (Å²) in [5, 5.41) is 18.2. The van der Waals surface area contributed by atoms with Crippen molar-refractivity contribution >= 4 is 29.4 Å². The van der Waals surface area contributed by atoms with Crippen molar-refractivity contribution in [3.63, 3.8) is 0 Å². The van der Waals surface area contributed by atoms with Crippen LogP contribution in [0.15, 0.2) is 77.9 Å². The number of carboxylic acid groups (broad SMARTS) is 1. The van der Waals surface area contributed by atoms with Gasteiger partial charge in [-0.05, 0) is 71.0 Å². The van der Waals surface area contributed by atoms with E-state index in [0.29, 0.717) is 11.5 Å². The SMILES string of the molecule is CC(C)(C)C(CC(=O)O)c1ccc(F)c(NC(=O)[C@H](c2ccc(CN3N=C(c4ccccc4)OCC3=O)cc2)C2CCCC2)c1. The van der Waals surface area contributed by atoms with Crippen LogP contribution in [-0.2, 0) is 25.7 Å². The van der Waals surface area contributed by atoms with Gasteiger partial charge >= 0.3 is 5.97 Å². The first-order valence-electron chi connectivity index (χ1n) is 15.5. The van der Waals surface area contributed by atoms with Crippen LogP contribution in [-0.4, -0.2) is 40.4 Å². The van der Waals surface area contributed by atoms with Crippen molar-refractivity contribution in [2.75, 3.05) is 11.9 Å². The average molecular weight is 614 g/mol. The fourth-order valence-electron chi connectivity index (χ4n) is 6.34. The second-order valence-corrected chi connectivity index (χ2v) is 13.0. The van der Waals surface area contributed by atoms with Gasteiger partial charge in [0.05, 0.1) is 24.6 Å². The minimum Gasteiger partial charge on any atom is -0.481 e. The predicted octanol–water partition coefficient (Wildman–Crippen LogP) is 7.06. The Morgan fingerprint density at radius 3 is 2.33 bits per heavy atom. The predicted molar refractivity (Wildman–Crippen MR) is 170 cm³/mol. The number of aliphatic carboxylic acids is 1. The molecule has 0 saturated heterocycles. The molecule has 3 aromatic rings. The molecule has 3 aromatic carbocycles. The number of ether oxygens (including phenoxy) is 1. The van der Waals surface area contributed by atoms with Crippen molar-refractivity contribution < 1.29 is 28.6 Å². The summed E-state index contributed by atoms with van der Waals surface area (Å²) in [7, 11) is 0. The van der Waals surface area contributed by atoms with Crippen LogP contribution in [0.1, 0.15) is 87.0 Å². The van der Waals surface area contributed by atoms with Crippen molar-refractivity contribution in [1.82, 2.24) is 5.01 Å². The van der Waals surface area contributed by atoms with Crippen molar-refractivity contribution in [2.45, 2.75) is 71.3 Å². The van der Waals surface area contributed by atoms with Crippen LogP contribution in [0.4, 0.5) is 10.1 Å². The number of amides is 2. The molecule has 1 aliphatic carbocycles. The second-order valence-electron chi connectivity index (χ2n) is 13.0. The Morgan fingerprint density at radius 2 is 1.69 bits per heavy atom. The second kappa shape index (κ2) is 13.6. The Labute approximate surface area is 263 Å². The zero-order valence-electron chi connectivity index (χ0n) is 26.0. The molecule has 0 bridgehead atoms. The van der Waals surface area contributed by atoms with Gasteiger partial charge in [0.15, 0.2) is 6.61 Å². The number of carboxylic acids is 1. The van der Waals surface area contributed by atoms with Gasteiger partial charge in [-0.15, -0.1) is 5.10 Å². The maximum atomic E-state index is 15.1. The molecule has 1 aliphatic heterocycles.